The number of carbonyl (C=O) groups is 2. The van der Waals surface area contributed by atoms with Crippen molar-refractivity contribution in [3.8, 4) is 17.2 Å². The highest BCUT2D eigenvalue weighted by Gasteiger charge is 2.12. The van der Waals surface area contributed by atoms with Gasteiger partial charge in [0.1, 0.15) is 11.5 Å². The van der Waals surface area contributed by atoms with Crippen LogP contribution in [0.15, 0.2) is 48.7 Å². The first kappa shape index (κ1) is 22.8. The van der Waals surface area contributed by atoms with E-state index < -0.39 is 17.8 Å². The van der Waals surface area contributed by atoms with Crippen molar-refractivity contribution in [2.45, 2.75) is 13.5 Å². The second-order valence-electron chi connectivity index (χ2n) is 6.66. The molecule has 32 heavy (non-hydrogen) atoms. The largest absolute Gasteiger partial charge is 0.495 e. The molecule has 0 radical (unpaired) electrons. The van der Waals surface area contributed by atoms with Crippen molar-refractivity contribution in [2.75, 3.05) is 12.4 Å². The van der Waals surface area contributed by atoms with E-state index in [9.17, 15) is 14.0 Å². The van der Waals surface area contributed by atoms with Crippen LogP contribution in [0.4, 0.5) is 14.9 Å². The van der Waals surface area contributed by atoms with Gasteiger partial charge >= 0.3 is 12.0 Å². The molecule has 0 aliphatic rings. The van der Waals surface area contributed by atoms with Crippen LogP contribution in [0.2, 0.25) is 5.02 Å². The van der Waals surface area contributed by atoms with Gasteiger partial charge in [0.05, 0.1) is 12.8 Å². The predicted molar refractivity (Wildman–Crippen MR) is 116 cm³/mol. The van der Waals surface area contributed by atoms with Crippen LogP contribution in [0.5, 0.6) is 17.2 Å². The number of pyridine rings is 1. The molecule has 8 nitrogen and oxygen atoms in total. The normalized spacial score (nSPS) is 10.4. The topological polar surface area (TPSA) is 110 Å². The van der Waals surface area contributed by atoms with Crippen molar-refractivity contribution >= 4 is 29.3 Å². The fourth-order valence-corrected chi connectivity index (χ4v) is 2.89. The average molecular weight is 460 g/mol. The van der Waals surface area contributed by atoms with Crippen molar-refractivity contribution in [1.29, 1.82) is 0 Å². The number of nitrogens with one attached hydrogen (secondary N) is 2. The number of methoxy groups -OCH3 is 1. The van der Waals surface area contributed by atoms with Gasteiger partial charge in [0.25, 0.3) is 0 Å². The van der Waals surface area contributed by atoms with Crippen LogP contribution in [0.1, 0.15) is 21.6 Å². The summed E-state index contributed by atoms with van der Waals surface area (Å²) >= 11 is 6.10. The number of carbonyl (C=O) groups excluding carboxylic acids is 1. The van der Waals surface area contributed by atoms with Gasteiger partial charge in [0, 0.05) is 23.8 Å². The quantitative estimate of drug-likeness (QED) is 0.458. The van der Waals surface area contributed by atoms with Crippen LogP contribution in [-0.2, 0) is 6.54 Å². The number of aromatic nitrogens is 1. The molecule has 0 aliphatic carbocycles. The Morgan fingerprint density at radius 2 is 1.94 bits per heavy atom. The summed E-state index contributed by atoms with van der Waals surface area (Å²) in [6.45, 7) is 1.86. The van der Waals surface area contributed by atoms with Gasteiger partial charge < -0.3 is 25.2 Å². The van der Waals surface area contributed by atoms with E-state index in [1.165, 1.54) is 37.6 Å². The van der Waals surface area contributed by atoms with E-state index in [0.717, 1.165) is 5.56 Å². The van der Waals surface area contributed by atoms with Crippen LogP contribution in [0.3, 0.4) is 0 Å². The summed E-state index contributed by atoms with van der Waals surface area (Å²) in [7, 11) is 1.48. The van der Waals surface area contributed by atoms with Crippen LogP contribution >= 0.6 is 11.6 Å². The Hall–Kier alpha value is -3.85. The molecule has 10 heteroatoms. The lowest BCUT2D eigenvalue weighted by Crippen LogP contribution is -2.28. The molecule has 2 aromatic carbocycles. The van der Waals surface area contributed by atoms with Gasteiger partial charge in [0.2, 0.25) is 0 Å². The smallest absolute Gasteiger partial charge is 0.354 e. The van der Waals surface area contributed by atoms with E-state index in [1.807, 2.05) is 6.92 Å². The van der Waals surface area contributed by atoms with Gasteiger partial charge in [0.15, 0.2) is 17.3 Å². The number of amides is 2. The van der Waals surface area contributed by atoms with E-state index in [2.05, 4.69) is 15.6 Å². The van der Waals surface area contributed by atoms with E-state index in [-0.39, 0.29) is 23.7 Å². The highest BCUT2D eigenvalue weighted by molar-refractivity contribution is 6.31. The molecule has 2 amide bonds. The lowest BCUT2D eigenvalue weighted by atomic mass is 10.2. The van der Waals surface area contributed by atoms with Gasteiger partial charge in [-0.3, -0.25) is 0 Å². The van der Waals surface area contributed by atoms with Crippen molar-refractivity contribution in [2.24, 2.45) is 0 Å². The number of rotatable bonds is 7. The molecular formula is C22H19ClFN3O5. The van der Waals surface area contributed by atoms with Gasteiger partial charge in [-0.15, -0.1) is 0 Å². The van der Waals surface area contributed by atoms with Crippen molar-refractivity contribution < 1.29 is 28.6 Å². The lowest BCUT2D eigenvalue weighted by Gasteiger charge is -2.13. The number of carboxylic acid groups (broad SMARTS) is 1. The molecule has 3 aromatic rings. The maximum atomic E-state index is 14.4. The molecule has 0 fully saturated rings. The molecule has 0 spiro atoms. The van der Waals surface area contributed by atoms with E-state index >= 15 is 0 Å². The molecule has 3 rings (SSSR count). The molecule has 166 valence electrons. The molecule has 1 heterocycles. The number of nitrogens with zero attached hydrogens (tertiary/aromatic N) is 1. The summed E-state index contributed by atoms with van der Waals surface area (Å²) in [5.74, 6) is -1.41. The summed E-state index contributed by atoms with van der Waals surface area (Å²) < 4.78 is 25.1. The SMILES string of the molecule is COc1cc(C)c(Cl)cc1NC(=O)NCc1ccc(Oc2ccnc(C(=O)O)c2)c(F)c1. The Kier molecular flexibility index (Phi) is 7.11. The maximum absolute atomic E-state index is 14.4. The number of aryl methyl sites for hydroxylation is 1. The minimum absolute atomic E-state index is 0.0450. The zero-order valence-corrected chi connectivity index (χ0v) is 17.9. The summed E-state index contributed by atoms with van der Waals surface area (Å²) in [6, 6.07) is 9.52. The van der Waals surface area contributed by atoms with Gasteiger partial charge in [-0.05, 0) is 48.4 Å². The zero-order chi connectivity index (χ0) is 23.3. The highest BCUT2D eigenvalue weighted by Crippen LogP contribution is 2.31. The molecular weight excluding hydrogens is 441 g/mol. The summed E-state index contributed by atoms with van der Waals surface area (Å²) in [5, 5.41) is 14.7. The van der Waals surface area contributed by atoms with Crippen molar-refractivity contribution in [3.63, 3.8) is 0 Å². The van der Waals surface area contributed by atoms with Crippen LogP contribution in [0.25, 0.3) is 0 Å². The Morgan fingerprint density at radius 1 is 1.16 bits per heavy atom. The number of anilines is 1. The molecule has 0 unspecified atom stereocenters. The molecule has 0 bridgehead atoms. The monoisotopic (exact) mass is 459 g/mol. The minimum Gasteiger partial charge on any atom is -0.495 e. The third-order valence-electron chi connectivity index (χ3n) is 4.36. The van der Waals surface area contributed by atoms with Crippen molar-refractivity contribution in [3.05, 3.63) is 76.3 Å². The summed E-state index contributed by atoms with van der Waals surface area (Å²) in [5.41, 5.74) is 1.47. The third kappa shape index (κ3) is 5.64. The van der Waals surface area contributed by atoms with E-state index in [0.29, 0.717) is 22.0 Å². The molecule has 0 saturated carbocycles. The zero-order valence-electron chi connectivity index (χ0n) is 17.1. The first-order valence-corrected chi connectivity index (χ1v) is 9.69. The molecule has 0 aliphatic heterocycles. The van der Waals surface area contributed by atoms with Gasteiger partial charge in [-0.1, -0.05) is 17.7 Å². The van der Waals surface area contributed by atoms with Crippen LogP contribution in [0, 0.1) is 12.7 Å². The highest BCUT2D eigenvalue weighted by atomic mass is 35.5. The summed E-state index contributed by atoms with van der Waals surface area (Å²) in [4.78, 5) is 26.9. The number of aromatic carboxylic acids is 1. The second kappa shape index (κ2) is 9.97. The Labute approximate surface area is 188 Å². The number of urea groups is 1. The average Bonchev–Trinajstić information content (AvgIpc) is 2.76. The van der Waals surface area contributed by atoms with Crippen LogP contribution in [-0.4, -0.2) is 29.2 Å². The minimum atomic E-state index is -1.22. The third-order valence-corrected chi connectivity index (χ3v) is 4.76. The predicted octanol–water partition coefficient (Wildman–Crippen LogP) is 5.00. The van der Waals surface area contributed by atoms with E-state index in [1.54, 1.807) is 18.2 Å². The fraction of sp³-hybridized carbons (Fsp3) is 0.136. The Morgan fingerprint density at radius 3 is 2.62 bits per heavy atom. The number of benzene rings is 2. The number of hydrogen-bond donors (Lipinski definition) is 3. The summed E-state index contributed by atoms with van der Waals surface area (Å²) in [6.07, 6.45) is 1.25. The van der Waals surface area contributed by atoms with Crippen molar-refractivity contribution in [1.82, 2.24) is 10.3 Å². The molecule has 3 N–H and O–H groups in total. The van der Waals surface area contributed by atoms with Gasteiger partial charge in [-0.25, -0.2) is 19.0 Å². The second-order valence-corrected chi connectivity index (χ2v) is 7.07. The number of carboxylic acids is 1. The first-order chi connectivity index (χ1) is 15.3. The number of ether oxygens (including phenoxy) is 2. The van der Waals surface area contributed by atoms with E-state index in [4.69, 9.17) is 26.2 Å². The first-order valence-electron chi connectivity index (χ1n) is 9.31. The maximum Gasteiger partial charge on any atom is 0.354 e. The Balaban J connectivity index is 1.62. The van der Waals surface area contributed by atoms with Gasteiger partial charge in [-0.2, -0.15) is 0 Å². The molecule has 0 atom stereocenters. The lowest BCUT2D eigenvalue weighted by molar-refractivity contribution is 0.0690. The van der Waals surface area contributed by atoms with Crippen LogP contribution < -0.4 is 20.1 Å². The standard InChI is InChI=1S/C22H19ClFN3O5/c1-12-7-20(31-2)17(10-15(12)23)27-22(30)26-11-13-3-4-19(16(24)8-13)32-14-5-6-25-18(9-14)21(28)29/h3-10H,11H2,1-2H3,(H,28,29)(H2,26,27,30). The number of halogens is 2. The molecule has 0 saturated heterocycles. The Bertz CT molecular complexity index is 1170. The fourth-order valence-electron chi connectivity index (χ4n) is 2.73. The molecule has 1 aromatic heterocycles. The number of hydrogen-bond acceptors (Lipinski definition) is 5.